The van der Waals surface area contributed by atoms with E-state index in [1.807, 2.05) is 26.0 Å². The van der Waals surface area contributed by atoms with Gasteiger partial charge in [-0.3, -0.25) is 9.59 Å². The van der Waals surface area contributed by atoms with E-state index in [1.54, 1.807) is 6.07 Å². The van der Waals surface area contributed by atoms with Crippen molar-refractivity contribution in [1.29, 1.82) is 0 Å². The summed E-state index contributed by atoms with van der Waals surface area (Å²) in [6.07, 6.45) is 1.99. The first-order valence-electron chi connectivity index (χ1n) is 7.82. The predicted molar refractivity (Wildman–Crippen MR) is 85.8 cm³/mol. The van der Waals surface area contributed by atoms with Gasteiger partial charge in [0.15, 0.2) is 0 Å². The Kier molecular flexibility index (Phi) is 7.64. The van der Waals surface area contributed by atoms with Crippen LogP contribution < -0.4 is 4.74 Å². The number of rotatable bonds is 8. The van der Waals surface area contributed by atoms with Crippen LogP contribution >= 0.6 is 0 Å². The molecule has 0 N–H and O–H groups in total. The van der Waals surface area contributed by atoms with E-state index in [1.165, 1.54) is 0 Å². The molecule has 0 fully saturated rings. The second kappa shape index (κ2) is 9.23. The highest BCUT2D eigenvalue weighted by molar-refractivity contribution is 5.79. The topological polar surface area (TPSA) is 52.6 Å². The van der Waals surface area contributed by atoms with E-state index >= 15 is 0 Å². The molecule has 0 aliphatic carbocycles. The van der Waals surface area contributed by atoms with E-state index in [0.717, 1.165) is 24.0 Å². The lowest BCUT2D eigenvalue weighted by atomic mass is 10.1. The van der Waals surface area contributed by atoms with Crippen molar-refractivity contribution in [1.82, 2.24) is 0 Å². The van der Waals surface area contributed by atoms with Crippen molar-refractivity contribution in [3.8, 4) is 5.75 Å². The van der Waals surface area contributed by atoms with Crippen LogP contribution in [0.1, 0.15) is 50.7 Å². The Labute approximate surface area is 132 Å². The highest BCUT2D eigenvalue weighted by Gasteiger charge is 2.12. The highest BCUT2D eigenvalue weighted by Crippen LogP contribution is 2.21. The number of esters is 2. The van der Waals surface area contributed by atoms with Crippen LogP contribution in [0.2, 0.25) is 0 Å². The first kappa shape index (κ1) is 18.2. The Balaban J connectivity index is 2.28. The first-order chi connectivity index (χ1) is 10.4. The number of carbonyl (C=O) groups excluding carboxylic acids is 2. The van der Waals surface area contributed by atoms with Gasteiger partial charge in [0, 0.05) is 0 Å². The summed E-state index contributed by atoms with van der Waals surface area (Å²) in [6.45, 7) is 8.54. The molecular weight excluding hydrogens is 280 g/mol. The van der Waals surface area contributed by atoms with Gasteiger partial charge in [-0.05, 0) is 49.8 Å². The van der Waals surface area contributed by atoms with Crippen LogP contribution in [0, 0.1) is 19.8 Å². The van der Waals surface area contributed by atoms with Crippen LogP contribution in [0.3, 0.4) is 0 Å². The highest BCUT2D eigenvalue weighted by atomic mass is 16.5. The Morgan fingerprint density at radius 3 is 2.45 bits per heavy atom. The summed E-state index contributed by atoms with van der Waals surface area (Å²) >= 11 is 0. The maximum absolute atomic E-state index is 11.8. The van der Waals surface area contributed by atoms with Crippen molar-refractivity contribution in [2.75, 3.05) is 6.61 Å². The summed E-state index contributed by atoms with van der Waals surface area (Å²) in [5, 5.41) is 0. The second-order valence-corrected chi connectivity index (χ2v) is 5.93. The summed E-state index contributed by atoms with van der Waals surface area (Å²) in [7, 11) is 0. The minimum atomic E-state index is -0.409. The van der Waals surface area contributed by atoms with Gasteiger partial charge in [-0.1, -0.05) is 26.0 Å². The van der Waals surface area contributed by atoms with Crippen molar-refractivity contribution in [3.05, 3.63) is 29.3 Å². The van der Waals surface area contributed by atoms with Crippen LogP contribution in [0.5, 0.6) is 5.75 Å². The zero-order chi connectivity index (χ0) is 16.5. The molecule has 0 bridgehead atoms. The Hall–Kier alpha value is -1.84. The largest absolute Gasteiger partial charge is 0.466 e. The molecular formula is C18H26O4. The lowest BCUT2D eigenvalue weighted by Crippen LogP contribution is -2.13. The molecule has 0 spiro atoms. The van der Waals surface area contributed by atoms with Gasteiger partial charge in [-0.15, -0.1) is 0 Å². The summed E-state index contributed by atoms with van der Waals surface area (Å²) in [5.74, 6) is 0.399. The van der Waals surface area contributed by atoms with E-state index in [0.29, 0.717) is 18.3 Å². The zero-order valence-corrected chi connectivity index (χ0v) is 14.0. The number of aryl methyl sites for hydroxylation is 1. The molecule has 22 heavy (non-hydrogen) atoms. The number of benzene rings is 1. The minimum Gasteiger partial charge on any atom is -0.466 e. The van der Waals surface area contributed by atoms with Crippen molar-refractivity contribution >= 4 is 11.9 Å². The fourth-order valence-electron chi connectivity index (χ4n) is 1.96. The van der Waals surface area contributed by atoms with Gasteiger partial charge >= 0.3 is 11.9 Å². The van der Waals surface area contributed by atoms with Crippen molar-refractivity contribution in [2.24, 2.45) is 5.92 Å². The Morgan fingerprint density at radius 2 is 1.77 bits per heavy atom. The third-order valence-corrected chi connectivity index (χ3v) is 3.50. The number of hydrogen-bond acceptors (Lipinski definition) is 4. The van der Waals surface area contributed by atoms with Crippen LogP contribution in [-0.4, -0.2) is 18.5 Å². The molecule has 122 valence electrons. The monoisotopic (exact) mass is 306 g/mol. The molecule has 1 rings (SSSR count). The molecule has 0 amide bonds. The molecule has 0 saturated heterocycles. The van der Waals surface area contributed by atoms with E-state index in [4.69, 9.17) is 9.47 Å². The summed E-state index contributed by atoms with van der Waals surface area (Å²) in [4.78, 5) is 23.3. The molecule has 1 aromatic carbocycles. The molecule has 4 heteroatoms. The third-order valence-electron chi connectivity index (χ3n) is 3.50. The molecule has 0 aliphatic rings. The molecule has 0 saturated carbocycles. The SMILES string of the molecule is Cc1cccc(OC(=O)CCC(=O)OCCCC(C)C)c1C. The first-order valence-corrected chi connectivity index (χ1v) is 7.82. The molecule has 0 aliphatic heterocycles. The summed E-state index contributed by atoms with van der Waals surface area (Å²) in [6, 6.07) is 5.56. The van der Waals surface area contributed by atoms with Gasteiger partial charge < -0.3 is 9.47 Å². The molecule has 4 nitrogen and oxygen atoms in total. The van der Waals surface area contributed by atoms with Crippen molar-refractivity contribution in [3.63, 3.8) is 0 Å². The standard InChI is InChI=1S/C18H26O4/c1-13(2)7-6-12-21-17(19)10-11-18(20)22-16-9-5-8-14(3)15(16)4/h5,8-9,13H,6-7,10-12H2,1-4H3. The van der Waals surface area contributed by atoms with Crippen molar-refractivity contribution < 1.29 is 19.1 Å². The minimum absolute atomic E-state index is 0.0381. The van der Waals surface area contributed by atoms with Gasteiger partial charge in [0.2, 0.25) is 0 Å². The third kappa shape index (κ3) is 6.74. The molecule has 0 atom stereocenters. The van der Waals surface area contributed by atoms with Crippen LogP contribution in [-0.2, 0) is 14.3 Å². The molecule has 0 unspecified atom stereocenters. The summed E-state index contributed by atoms with van der Waals surface area (Å²) < 4.78 is 10.4. The van der Waals surface area contributed by atoms with Gasteiger partial charge in [-0.2, -0.15) is 0 Å². The maximum Gasteiger partial charge on any atom is 0.311 e. The molecule has 0 heterocycles. The fraction of sp³-hybridized carbons (Fsp3) is 0.556. The average molecular weight is 306 g/mol. The Morgan fingerprint density at radius 1 is 1.09 bits per heavy atom. The molecule has 1 aromatic rings. The quantitative estimate of drug-likeness (QED) is 0.414. The normalized spacial score (nSPS) is 10.6. The van der Waals surface area contributed by atoms with Crippen molar-refractivity contribution in [2.45, 2.75) is 53.4 Å². The van der Waals surface area contributed by atoms with Gasteiger partial charge in [0.05, 0.1) is 19.4 Å². The van der Waals surface area contributed by atoms with E-state index in [2.05, 4.69) is 13.8 Å². The lowest BCUT2D eigenvalue weighted by Gasteiger charge is -2.09. The maximum atomic E-state index is 11.8. The van der Waals surface area contributed by atoms with E-state index in [9.17, 15) is 9.59 Å². The number of hydrogen-bond donors (Lipinski definition) is 0. The summed E-state index contributed by atoms with van der Waals surface area (Å²) in [5.41, 5.74) is 2.00. The molecule has 0 aromatic heterocycles. The van der Waals surface area contributed by atoms with E-state index in [-0.39, 0.29) is 18.8 Å². The van der Waals surface area contributed by atoms with Crippen LogP contribution in [0.25, 0.3) is 0 Å². The van der Waals surface area contributed by atoms with E-state index < -0.39 is 5.97 Å². The average Bonchev–Trinajstić information content (AvgIpc) is 2.46. The fourth-order valence-corrected chi connectivity index (χ4v) is 1.96. The second-order valence-electron chi connectivity index (χ2n) is 5.93. The predicted octanol–water partition coefficient (Wildman–Crippen LogP) is 3.97. The van der Waals surface area contributed by atoms with Gasteiger partial charge in [0.25, 0.3) is 0 Å². The lowest BCUT2D eigenvalue weighted by molar-refractivity contribution is -0.147. The van der Waals surface area contributed by atoms with Gasteiger partial charge in [0.1, 0.15) is 5.75 Å². The Bertz CT molecular complexity index is 506. The van der Waals surface area contributed by atoms with Crippen LogP contribution in [0.4, 0.5) is 0 Å². The van der Waals surface area contributed by atoms with Gasteiger partial charge in [-0.25, -0.2) is 0 Å². The number of carbonyl (C=O) groups is 2. The van der Waals surface area contributed by atoms with Crippen LogP contribution in [0.15, 0.2) is 18.2 Å². The number of ether oxygens (including phenoxy) is 2. The molecule has 0 radical (unpaired) electrons. The zero-order valence-electron chi connectivity index (χ0n) is 14.0. The smallest absolute Gasteiger partial charge is 0.311 e.